The molecule has 0 aliphatic carbocycles. The lowest BCUT2D eigenvalue weighted by atomic mass is 10.1. The Morgan fingerprint density at radius 3 is 2.59 bits per heavy atom. The highest BCUT2D eigenvalue weighted by atomic mass is 16.6. The summed E-state index contributed by atoms with van der Waals surface area (Å²) in [4.78, 5) is 21.2. The van der Waals surface area contributed by atoms with E-state index in [1.54, 1.807) is 13.8 Å². The monoisotopic (exact) mass is 237 g/mol. The summed E-state index contributed by atoms with van der Waals surface area (Å²) in [6.07, 6.45) is 0.254. The number of carbonyl (C=O) groups excluding carboxylic acids is 1. The quantitative estimate of drug-likeness (QED) is 0.583. The van der Waals surface area contributed by atoms with Gasteiger partial charge in [0.15, 0.2) is 5.75 Å². The first-order chi connectivity index (χ1) is 7.91. The fourth-order valence-corrected chi connectivity index (χ4v) is 1.55. The van der Waals surface area contributed by atoms with E-state index in [1.165, 1.54) is 13.0 Å². The molecule has 0 bridgehead atoms. The number of nitrogens with zero attached hydrogens (tertiary/aromatic N) is 1. The van der Waals surface area contributed by atoms with Crippen molar-refractivity contribution in [3.05, 3.63) is 33.4 Å². The molecule has 17 heavy (non-hydrogen) atoms. The molecule has 0 aliphatic rings. The van der Waals surface area contributed by atoms with Crippen LogP contribution in [0.3, 0.4) is 0 Å². The lowest BCUT2D eigenvalue weighted by Gasteiger charge is -2.09. The maximum absolute atomic E-state index is 10.9. The molecule has 0 saturated carbocycles. The summed E-state index contributed by atoms with van der Waals surface area (Å²) in [6, 6.07) is 3.28. The van der Waals surface area contributed by atoms with Crippen LogP contribution in [-0.4, -0.2) is 17.3 Å². The van der Waals surface area contributed by atoms with Gasteiger partial charge in [-0.05, 0) is 31.9 Å². The van der Waals surface area contributed by atoms with Gasteiger partial charge in [-0.25, -0.2) is 0 Å². The van der Waals surface area contributed by atoms with Gasteiger partial charge in [0.1, 0.15) is 5.78 Å². The van der Waals surface area contributed by atoms with E-state index in [0.29, 0.717) is 5.56 Å². The minimum absolute atomic E-state index is 0.00239. The van der Waals surface area contributed by atoms with Crippen molar-refractivity contribution in [1.82, 2.24) is 0 Å². The second kappa shape index (κ2) is 5.43. The summed E-state index contributed by atoms with van der Waals surface area (Å²) in [6.45, 7) is 5.17. The molecule has 0 amide bonds. The van der Waals surface area contributed by atoms with Crippen molar-refractivity contribution in [3.8, 4) is 5.75 Å². The summed E-state index contributed by atoms with van der Waals surface area (Å²) < 4.78 is 5.33. The molecule has 0 atom stereocenters. The number of carbonyl (C=O) groups is 1. The first kappa shape index (κ1) is 13.2. The molecule has 0 fully saturated rings. The number of benzene rings is 1. The lowest BCUT2D eigenvalue weighted by Crippen LogP contribution is -2.06. The van der Waals surface area contributed by atoms with Gasteiger partial charge in [-0.3, -0.25) is 14.9 Å². The molecule has 0 aliphatic heterocycles. The van der Waals surface area contributed by atoms with Gasteiger partial charge in [0, 0.05) is 12.5 Å². The molecular weight excluding hydrogens is 222 g/mol. The van der Waals surface area contributed by atoms with Crippen LogP contribution in [0.25, 0.3) is 0 Å². The van der Waals surface area contributed by atoms with Gasteiger partial charge in [0.05, 0.1) is 11.5 Å². The third kappa shape index (κ3) is 3.55. The molecule has 5 nitrogen and oxygen atoms in total. The van der Waals surface area contributed by atoms with Gasteiger partial charge in [0.25, 0.3) is 0 Å². The van der Waals surface area contributed by atoms with Crippen LogP contribution in [0.4, 0.5) is 5.69 Å². The minimum Gasteiger partial charge on any atom is -0.486 e. The summed E-state index contributed by atoms with van der Waals surface area (Å²) in [5, 5.41) is 10.9. The summed E-state index contributed by atoms with van der Waals surface area (Å²) in [5.74, 6) is 0.249. The Bertz CT molecular complexity index is 454. The van der Waals surface area contributed by atoms with Crippen LogP contribution in [0, 0.1) is 24.0 Å². The zero-order valence-corrected chi connectivity index (χ0v) is 10.1. The molecule has 92 valence electrons. The number of aryl methyl sites for hydroxylation is 2. The summed E-state index contributed by atoms with van der Waals surface area (Å²) >= 11 is 0. The smallest absolute Gasteiger partial charge is 0.311 e. The van der Waals surface area contributed by atoms with E-state index in [4.69, 9.17) is 4.74 Å². The standard InChI is InChI=1S/C12H15NO4/c1-8-6-9(2)12(11(7-8)13(15)16)17-5-4-10(3)14/h6-7H,4-5H2,1-3H3. The van der Waals surface area contributed by atoms with Crippen molar-refractivity contribution < 1.29 is 14.5 Å². The lowest BCUT2D eigenvalue weighted by molar-refractivity contribution is -0.386. The fraction of sp³-hybridized carbons (Fsp3) is 0.417. The van der Waals surface area contributed by atoms with Crippen molar-refractivity contribution in [2.24, 2.45) is 0 Å². The van der Waals surface area contributed by atoms with Crippen LogP contribution in [0.1, 0.15) is 24.5 Å². The number of nitro groups is 1. The third-order valence-corrected chi connectivity index (χ3v) is 2.30. The predicted molar refractivity (Wildman–Crippen MR) is 63.4 cm³/mol. The first-order valence-corrected chi connectivity index (χ1v) is 5.29. The maximum atomic E-state index is 10.9. The second-order valence-corrected chi connectivity index (χ2v) is 3.99. The largest absolute Gasteiger partial charge is 0.486 e. The van der Waals surface area contributed by atoms with Gasteiger partial charge >= 0.3 is 5.69 Å². The van der Waals surface area contributed by atoms with E-state index in [1.807, 2.05) is 6.07 Å². The van der Waals surface area contributed by atoms with Gasteiger partial charge < -0.3 is 4.74 Å². The van der Waals surface area contributed by atoms with Crippen LogP contribution in [0.5, 0.6) is 5.75 Å². The molecule has 0 spiro atoms. The molecule has 0 radical (unpaired) electrons. The highest BCUT2D eigenvalue weighted by Gasteiger charge is 2.18. The topological polar surface area (TPSA) is 69.4 Å². The summed E-state index contributed by atoms with van der Waals surface area (Å²) in [7, 11) is 0. The van der Waals surface area contributed by atoms with Crippen molar-refractivity contribution in [2.45, 2.75) is 27.2 Å². The third-order valence-electron chi connectivity index (χ3n) is 2.30. The molecule has 1 aromatic carbocycles. The number of ether oxygens (including phenoxy) is 1. The van der Waals surface area contributed by atoms with E-state index < -0.39 is 4.92 Å². The molecule has 5 heteroatoms. The van der Waals surface area contributed by atoms with Crippen molar-refractivity contribution in [1.29, 1.82) is 0 Å². The second-order valence-electron chi connectivity index (χ2n) is 3.99. The molecule has 0 aromatic heterocycles. The van der Waals surface area contributed by atoms with Gasteiger partial charge in [0.2, 0.25) is 0 Å². The molecular formula is C12H15NO4. The zero-order chi connectivity index (χ0) is 13.0. The predicted octanol–water partition coefficient (Wildman–Crippen LogP) is 2.57. The normalized spacial score (nSPS) is 10.1. The number of ketones is 1. The van der Waals surface area contributed by atoms with Gasteiger partial charge in [-0.15, -0.1) is 0 Å². The van der Waals surface area contributed by atoms with Crippen LogP contribution in [0.2, 0.25) is 0 Å². The number of nitro benzene ring substituents is 1. The minimum atomic E-state index is -0.469. The van der Waals surface area contributed by atoms with Crippen molar-refractivity contribution in [2.75, 3.05) is 6.61 Å². The van der Waals surface area contributed by atoms with Gasteiger partial charge in [-0.1, -0.05) is 6.07 Å². The highest BCUT2D eigenvalue weighted by molar-refractivity contribution is 5.75. The molecule has 0 unspecified atom stereocenters. The Hall–Kier alpha value is -1.91. The van der Waals surface area contributed by atoms with E-state index in [0.717, 1.165) is 5.56 Å². The molecule has 0 heterocycles. The molecule has 1 rings (SSSR count). The van der Waals surface area contributed by atoms with Crippen LogP contribution < -0.4 is 4.74 Å². The first-order valence-electron chi connectivity index (χ1n) is 5.29. The van der Waals surface area contributed by atoms with E-state index in [9.17, 15) is 14.9 Å². The van der Waals surface area contributed by atoms with E-state index in [2.05, 4.69) is 0 Å². The van der Waals surface area contributed by atoms with E-state index in [-0.39, 0.29) is 30.2 Å². The average Bonchev–Trinajstić information content (AvgIpc) is 2.19. The fourth-order valence-electron chi connectivity index (χ4n) is 1.55. The highest BCUT2D eigenvalue weighted by Crippen LogP contribution is 2.32. The SMILES string of the molecule is CC(=O)CCOc1c(C)cc(C)cc1[N+](=O)[O-]. The molecule has 0 saturated heterocycles. The number of hydrogen-bond donors (Lipinski definition) is 0. The van der Waals surface area contributed by atoms with Crippen molar-refractivity contribution in [3.63, 3.8) is 0 Å². The molecule has 0 N–H and O–H groups in total. The Morgan fingerprint density at radius 1 is 1.41 bits per heavy atom. The van der Waals surface area contributed by atoms with Crippen molar-refractivity contribution >= 4 is 11.5 Å². The Labute approximate surface area is 99.5 Å². The Balaban J connectivity index is 2.96. The maximum Gasteiger partial charge on any atom is 0.311 e. The van der Waals surface area contributed by atoms with Crippen LogP contribution in [-0.2, 0) is 4.79 Å². The zero-order valence-electron chi connectivity index (χ0n) is 10.1. The van der Waals surface area contributed by atoms with Crippen LogP contribution in [0.15, 0.2) is 12.1 Å². The van der Waals surface area contributed by atoms with Gasteiger partial charge in [-0.2, -0.15) is 0 Å². The number of Topliss-reactive ketones (excluding diaryl/α,β-unsaturated/α-hetero) is 1. The van der Waals surface area contributed by atoms with Crippen LogP contribution >= 0.6 is 0 Å². The Kier molecular flexibility index (Phi) is 4.20. The number of rotatable bonds is 5. The summed E-state index contributed by atoms with van der Waals surface area (Å²) in [5.41, 5.74) is 1.47. The molecule has 1 aromatic rings. The average molecular weight is 237 g/mol. The van der Waals surface area contributed by atoms with E-state index >= 15 is 0 Å². The number of hydrogen-bond acceptors (Lipinski definition) is 4. The Morgan fingerprint density at radius 2 is 2.06 bits per heavy atom.